The van der Waals surface area contributed by atoms with Gasteiger partial charge in [-0.25, -0.2) is 8.42 Å². The lowest BCUT2D eigenvalue weighted by molar-refractivity contribution is -0.155. The molecule has 0 unspecified atom stereocenters. The molecular weight excluding hydrogens is 539 g/mol. The summed E-state index contributed by atoms with van der Waals surface area (Å²) >= 11 is 12.7. The lowest BCUT2D eigenvalue weighted by Crippen LogP contribution is -2.59. The number of sulfonamides is 1. The minimum atomic E-state index is -3.47. The minimum absolute atomic E-state index is 0.0461. The molecule has 2 fully saturated rings. The average Bonchev–Trinajstić information content (AvgIpc) is 3.67. The third-order valence-corrected chi connectivity index (χ3v) is 9.99. The van der Waals surface area contributed by atoms with E-state index in [1.807, 2.05) is 74.2 Å². The molecule has 0 aromatic heterocycles. The van der Waals surface area contributed by atoms with Crippen molar-refractivity contribution < 1.29 is 13.2 Å². The van der Waals surface area contributed by atoms with Gasteiger partial charge >= 0.3 is 0 Å². The fourth-order valence-corrected chi connectivity index (χ4v) is 7.63. The molecule has 2 aromatic carbocycles. The first-order valence-electron chi connectivity index (χ1n) is 13.3. The highest BCUT2D eigenvalue weighted by Gasteiger charge is 2.54. The van der Waals surface area contributed by atoms with Gasteiger partial charge < -0.3 is 4.90 Å². The van der Waals surface area contributed by atoms with Crippen LogP contribution >= 0.6 is 23.2 Å². The highest BCUT2D eigenvalue weighted by Crippen LogP contribution is 2.54. The van der Waals surface area contributed by atoms with Crippen LogP contribution in [-0.2, 0) is 14.8 Å². The molecule has 0 N–H and O–H groups in total. The number of piperidine rings is 1. The van der Waals surface area contributed by atoms with Gasteiger partial charge in [-0.1, -0.05) is 60.5 Å². The van der Waals surface area contributed by atoms with Crippen molar-refractivity contribution in [2.75, 3.05) is 12.8 Å². The fraction of sp³-hybridized carbons (Fsp3) is 0.500. The molecule has 206 valence electrons. The first kappa shape index (κ1) is 29.1. The molecule has 2 aliphatic rings. The summed E-state index contributed by atoms with van der Waals surface area (Å²) in [5, 5.41) is 1.27. The molecule has 1 aliphatic carbocycles. The van der Waals surface area contributed by atoms with Crippen molar-refractivity contribution in [3.8, 4) is 0 Å². The van der Waals surface area contributed by atoms with Crippen LogP contribution in [0.15, 0.2) is 61.2 Å². The summed E-state index contributed by atoms with van der Waals surface area (Å²) in [5.41, 5.74) is 1.36. The topological polar surface area (TPSA) is 57.7 Å². The number of hydrogen-bond acceptors (Lipinski definition) is 3. The Bertz CT molecular complexity index is 1280. The smallest absolute Gasteiger partial charge is 0.229 e. The Morgan fingerprint density at radius 3 is 2.29 bits per heavy atom. The molecule has 1 saturated carbocycles. The molecule has 2 aromatic rings. The zero-order valence-corrected chi connectivity index (χ0v) is 24.9. The number of nitrogens with zero attached hydrogens (tertiary/aromatic N) is 2. The fourth-order valence-electron chi connectivity index (χ4n) is 6.11. The van der Waals surface area contributed by atoms with Crippen LogP contribution in [0.5, 0.6) is 0 Å². The SMILES string of the molecule is C=CC[C@@]1(C)C[C@H](c2cccc(Cl)c2)[C@@H](c2ccc(Cl)cc2)N([C@H](CN(C(C)C)S(C)(=O)=O)C2CC2)C1=O. The zero-order valence-electron chi connectivity index (χ0n) is 22.6. The van der Waals surface area contributed by atoms with Gasteiger partial charge in [0, 0.05) is 34.6 Å². The normalized spacial score (nSPS) is 25.2. The Morgan fingerprint density at radius 2 is 1.76 bits per heavy atom. The Kier molecular flexibility index (Phi) is 8.68. The van der Waals surface area contributed by atoms with Crippen LogP contribution in [-0.4, -0.2) is 48.4 Å². The van der Waals surface area contributed by atoms with Crippen LogP contribution in [0.25, 0.3) is 0 Å². The predicted molar refractivity (Wildman–Crippen MR) is 156 cm³/mol. The van der Waals surface area contributed by atoms with Gasteiger partial charge in [-0.2, -0.15) is 4.31 Å². The molecular formula is C30H38Cl2N2O3S. The van der Waals surface area contributed by atoms with E-state index in [1.54, 1.807) is 0 Å². The Hall–Kier alpha value is -1.86. The number of benzene rings is 2. The molecule has 0 radical (unpaired) electrons. The quantitative estimate of drug-likeness (QED) is 0.284. The molecule has 5 nitrogen and oxygen atoms in total. The summed E-state index contributed by atoms with van der Waals surface area (Å²) in [6, 6.07) is 14.8. The van der Waals surface area contributed by atoms with E-state index in [0.29, 0.717) is 22.9 Å². The van der Waals surface area contributed by atoms with Crippen molar-refractivity contribution in [3.63, 3.8) is 0 Å². The maximum atomic E-state index is 14.6. The van der Waals surface area contributed by atoms with E-state index in [9.17, 15) is 13.2 Å². The minimum Gasteiger partial charge on any atom is -0.330 e. The van der Waals surface area contributed by atoms with Gasteiger partial charge in [0.2, 0.25) is 15.9 Å². The van der Waals surface area contributed by atoms with Gasteiger partial charge in [-0.05, 0) is 80.8 Å². The second-order valence-electron chi connectivity index (χ2n) is 11.5. The number of carbonyl (C=O) groups excluding carboxylic acids is 1. The molecule has 1 amide bonds. The van der Waals surface area contributed by atoms with Crippen molar-refractivity contribution >= 4 is 39.1 Å². The Balaban J connectivity index is 1.92. The Labute approximate surface area is 237 Å². The molecule has 0 spiro atoms. The van der Waals surface area contributed by atoms with Crippen molar-refractivity contribution in [2.45, 2.75) is 70.5 Å². The molecule has 8 heteroatoms. The van der Waals surface area contributed by atoms with Crippen LogP contribution in [0.3, 0.4) is 0 Å². The van der Waals surface area contributed by atoms with Gasteiger partial charge in [0.25, 0.3) is 0 Å². The van der Waals surface area contributed by atoms with E-state index < -0.39 is 15.4 Å². The zero-order chi connectivity index (χ0) is 27.8. The predicted octanol–water partition coefficient (Wildman–Crippen LogP) is 7.08. The van der Waals surface area contributed by atoms with Crippen molar-refractivity contribution in [1.82, 2.24) is 9.21 Å². The second kappa shape index (κ2) is 11.3. The molecule has 1 saturated heterocycles. The van der Waals surface area contributed by atoms with E-state index in [0.717, 1.165) is 24.0 Å². The lowest BCUT2D eigenvalue weighted by atomic mass is 9.67. The first-order chi connectivity index (χ1) is 17.9. The van der Waals surface area contributed by atoms with Gasteiger partial charge in [0.1, 0.15) is 0 Å². The van der Waals surface area contributed by atoms with E-state index in [1.165, 1.54) is 10.6 Å². The number of rotatable bonds is 10. The van der Waals surface area contributed by atoms with Gasteiger partial charge in [-0.3, -0.25) is 4.79 Å². The van der Waals surface area contributed by atoms with Gasteiger partial charge in [0.15, 0.2) is 0 Å². The van der Waals surface area contributed by atoms with E-state index >= 15 is 0 Å². The number of amides is 1. The van der Waals surface area contributed by atoms with Crippen LogP contribution in [0.4, 0.5) is 0 Å². The number of hydrogen-bond donors (Lipinski definition) is 0. The van der Waals surface area contributed by atoms with Crippen LogP contribution in [0, 0.1) is 11.3 Å². The van der Waals surface area contributed by atoms with Crippen molar-refractivity contribution in [2.24, 2.45) is 11.3 Å². The number of carbonyl (C=O) groups is 1. The Morgan fingerprint density at radius 1 is 1.11 bits per heavy atom. The maximum absolute atomic E-state index is 14.6. The largest absolute Gasteiger partial charge is 0.330 e. The number of allylic oxidation sites excluding steroid dienone is 1. The van der Waals surface area contributed by atoms with Crippen LogP contribution in [0.1, 0.15) is 69.5 Å². The molecule has 38 heavy (non-hydrogen) atoms. The van der Waals surface area contributed by atoms with Crippen LogP contribution in [0.2, 0.25) is 10.0 Å². The van der Waals surface area contributed by atoms with E-state index in [-0.39, 0.29) is 42.4 Å². The molecule has 4 rings (SSSR count). The third-order valence-electron chi connectivity index (χ3n) is 8.08. The summed E-state index contributed by atoms with van der Waals surface area (Å²) in [6.45, 7) is 10.0. The first-order valence-corrected chi connectivity index (χ1v) is 15.9. The van der Waals surface area contributed by atoms with Gasteiger partial charge in [0.05, 0.1) is 17.7 Å². The molecule has 1 heterocycles. The second-order valence-corrected chi connectivity index (χ2v) is 14.3. The van der Waals surface area contributed by atoms with Crippen molar-refractivity contribution in [3.05, 3.63) is 82.4 Å². The van der Waals surface area contributed by atoms with Crippen molar-refractivity contribution in [1.29, 1.82) is 0 Å². The monoisotopic (exact) mass is 576 g/mol. The molecule has 0 bridgehead atoms. The average molecular weight is 578 g/mol. The number of halogens is 2. The summed E-state index contributed by atoms with van der Waals surface area (Å²) in [5.74, 6) is 0.233. The summed E-state index contributed by atoms with van der Waals surface area (Å²) < 4.78 is 27.2. The molecule has 1 aliphatic heterocycles. The van der Waals surface area contributed by atoms with E-state index in [2.05, 4.69) is 12.6 Å². The lowest BCUT2D eigenvalue weighted by Gasteiger charge is -2.53. The summed E-state index contributed by atoms with van der Waals surface area (Å²) in [7, 11) is -3.47. The van der Waals surface area contributed by atoms with E-state index in [4.69, 9.17) is 23.2 Å². The number of likely N-dealkylation sites (tertiary alicyclic amines) is 1. The highest BCUT2D eigenvalue weighted by atomic mass is 35.5. The third kappa shape index (κ3) is 6.14. The van der Waals surface area contributed by atoms with Gasteiger partial charge in [-0.15, -0.1) is 6.58 Å². The molecule has 4 atom stereocenters. The summed E-state index contributed by atoms with van der Waals surface area (Å²) in [4.78, 5) is 16.6. The highest BCUT2D eigenvalue weighted by molar-refractivity contribution is 7.88. The summed E-state index contributed by atoms with van der Waals surface area (Å²) in [6.07, 6.45) is 6.16. The van der Waals surface area contributed by atoms with Crippen LogP contribution < -0.4 is 0 Å². The standard InChI is InChI=1S/C30H38Cl2N2O3S/c1-6-16-30(4)18-26(23-8-7-9-25(32)17-23)28(22-12-14-24(31)15-13-22)34(29(30)35)27(21-10-11-21)19-33(20(2)3)38(5,36)37/h6-9,12-15,17,20-21,26-28H,1,10-11,16,18-19H2,2-5H3/t26-,27-,28-,30+/m1/s1. The maximum Gasteiger partial charge on any atom is 0.229 e.